The largest absolute Gasteiger partial charge is 0.380 e. The summed E-state index contributed by atoms with van der Waals surface area (Å²) in [5.74, 6) is -0.681. The third-order valence-electron chi connectivity index (χ3n) is 5.27. The summed E-state index contributed by atoms with van der Waals surface area (Å²) >= 11 is 1.32. The third kappa shape index (κ3) is 6.89. The number of nitrogens with zero attached hydrogens (tertiary/aromatic N) is 3. The van der Waals surface area contributed by atoms with E-state index in [2.05, 4.69) is 23.5 Å². The van der Waals surface area contributed by atoms with E-state index in [1.807, 2.05) is 23.6 Å². The molecule has 0 radical (unpaired) electrons. The van der Waals surface area contributed by atoms with Gasteiger partial charge < -0.3 is 14.6 Å². The number of aromatic nitrogens is 1. The number of hydrogen-bond donors (Lipinski definition) is 1. The van der Waals surface area contributed by atoms with E-state index in [9.17, 15) is 18.0 Å². The van der Waals surface area contributed by atoms with Crippen LogP contribution < -0.4 is 10.1 Å². The molecule has 1 heterocycles. The van der Waals surface area contributed by atoms with Crippen LogP contribution in [0.3, 0.4) is 0 Å². The minimum Gasteiger partial charge on any atom is -0.380 e. The van der Waals surface area contributed by atoms with Gasteiger partial charge in [-0.3, -0.25) is 9.59 Å². The first-order chi connectivity index (χ1) is 17.7. The molecular formula is C26H30N4O5S2. The molecule has 0 saturated carbocycles. The number of anilines is 1. The van der Waals surface area contributed by atoms with Crippen molar-refractivity contribution in [2.75, 3.05) is 31.6 Å². The number of nitrogens with one attached hydrogen (secondary N) is 1. The van der Waals surface area contributed by atoms with Gasteiger partial charge in [0.1, 0.15) is 0 Å². The maximum atomic E-state index is 13.0. The van der Waals surface area contributed by atoms with Gasteiger partial charge in [0.2, 0.25) is 15.9 Å². The van der Waals surface area contributed by atoms with Crippen LogP contribution in [0, 0.1) is 0 Å². The zero-order valence-electron chi connectivity index (χ0n) is 20.8. The molecule has 0 unspecified atom stereocenters. The van der Waals surface area contributed by atoms with Gasteiger partial charge in [0.15, 0.2) is 4.80 Å². The highest BCUT2D eigenvalue weighted by Gasteiger charge is 2.22. The molecule has 2 aromatic carbocycles. The van der Waals surface area contributed by atoms with Gasteiger partial charge in [0, 0.05) is 44.4 Å². The molecule has 3 aromatic rings. The average Bonchev–Trinajstić information content (AvgIpc) is 3.19. The van der Waals surface area contributed by atoms with Crippen molar-refractivity contribution in [2.45, 2.75) is 25.3 Å². The number of fused-ring (bicyclic) bond motifs is 1. The molecule has 196 valence electrons. The van der Waals surface area contributed by atoms with E-state index in [0.29, 0.717) is 30.2 Å². The van der Waals surface area contributed by atoms with Crippen molar-refractivity contribution < 1.29 is 22.7 Å². The SMILES string of the molecule is C=CCN(CC=C)S(=O)(=O)c1ccc(C(=O)N=c2sc3cc(NC(C)=O)ccc3n2CCOCC)cc1. The molecule has 0 fully saturated rings. The van der Waals surface area contributed by atoms with Gasteiger partial charge in [-0.2, -0.15) is 9.30 Å². The van der Waals surface area contributed by atoms with Gasteiger partial charge in [-0.1, -0.05) is 23.5 Å². The van der Waals surface area contributed by atoms with Gasteiger partial charge in [0.05, 0.1) is 21.7 Å². The normalized spacial score (nSPS) is 12.1. The Hall–Kier alpha value is -3.38. The molecule has 2 amide bonds. The fourth-order valence-corrected chi connectivity index (χ4v) is 6.06. The lowest BCUT2D eigenvalue weighted by atomic mass is 10.2. The molecule has 0 saturated heterocycles. The third-order valence-corrected chi connectivity index (χ3v) is 8.16. The summed E-state index contributed by atoms with van der Waals surface area (Å²) in [6.45, 7) is 12.3. The van der Waals surface area contributed by atoms with Crippen LogP contribution in [0.5, 0.6) is 0 Å². The first-order valence-corrected chi connectivity index (χ1v) is 13.9. The molecule has 0 aliphatic heterocycles. The summed E-state index contributed by atoms with van der Waals surface area (Å²) in [5.41, 5.74) is 1.76. The van der Waals surface area contributed by atoms with Crippen molar-refractivity contribution in [1.29, 1.82) is 0 Å². The van der Waals surface area contributed by atoms with Crippen LogP contribution in [0.4, 0.5) is 5.69 Å². The van der Waals surface area contributed by atoms with Crippen LogP contribution in [0.1, 0.15) is 24.2 Å². The standard InChI is InChI=1S/C26H30N4O5S2/c1-5-14-29(15-6-2)37(33,34)22-11-8-20(9-12-22)25(32)28-26-30(16-17-35-7-3)23-13-10-21(27-19(4)31)18-24(23)36-26/h5-6,8-13,18H,1-2,7,14-17H2,3-4H3,(H,27,31). The summed E-state index contributed by atoms with van der Waals surface area (Å²) < 4.78 is 35.3. The molecule has 1 aromatic heterocycles. The summed E-state index contributed by atoms with van der Waals surface area (Å²) in [5, 5.41) is 2.76. The van der Waals surface area contributed by atoms with Gasteiger partial charge in [0.25, 0.3) is 5.91 Å². The fraction of sp³-hybridized carbons (Fsp3) is 0.269. The lowest BCUT2D eigenvalue weighted by Crippen LogP contribution is -2.31. The zero-order valence-corrected chi connectivity index (χ0v) is 22.5. The Kier molecular flexibility index (Phi) is 9.70. The Bertz CT molecular complexity index is 1460. The van der Waals surface area contributed by atoms with Crippen LogP contribution in [0.25, 0.3) is 10.2 Å². The Labute approximate surface area is 220 Å². The van der Waals surface area contributed by atoms with Gasteiger partial charge >= 0.3 is 0 Å². The summed E-state index contributed by atoms with van der Waals surface area (Å²) in [6, 6.07) is 11.2. The Balaban J connectivity index is 1.97. The highest BCUT2D eigenvalue weighted by atomic mass is 32.2. The second kappa shape index (κ2) is 12.7. The van der Waals surface area contributed by atoms with Crippen molar-refractivity contribution in [2.24, 2.45) is 4.99 Å². The van der Waals surface area contributed by atoms with Crippen molar-refractivity contribution in [3.8, 4) is 0 Å². The minimum atomic E-state index is -3.77. The highest BCUT2D eigenvalue weighted by Crippen LogP contribution is 2.22. The first kappa shape index (κ1) is 28.2. The molecule has 0 atom stereocenters. The Morgan fingerprint density at radius 2 is 1.81 bits per heavy atom. The highest BCUT2D eigenvalue weighted by molar-refractivity contribution is 7.89. The predicted octanol–water partition coefficient (Wildman–Crippen LogP) is 3.80. The van der Waals surface area contributed by atoms with Crippen LogP contribution in [0.2, 0.25) is 0 Å². The molecule has 0 spiro atoms. The average molecular weight is 543 g/mol. The summed E-state index contributed by atoms with van der Waals surface area (Å²) in [6.07, 6.45) is 3.01. The van der Waals surface area contributed by atoms with Crippen LogP contribution in [-0.2, 0) is 26.1 Å². The van der Waals surface area contributed by atoms with Gasteiger partial charge in [-0.15, -0.1) is 13.2 Å². The number of carbonyl (C=O) groups excluding carboxylic acids is 2. The van der Waals surface area contributed by atoms with Crippen molar-refractivity contribution in [1.82, 2.24) is 8.87 Å². The quantitative estimate of drug-likeness (QED) is 0.277. The van der Waals surface area contributed by atoms with Crippen molar-refractivity contribution in [3.63, 3.8) is 0 Å². The maximum Gasteiger partial charge on any atom is 0.279 e. The number of thiazole rings is 1. The van der Waals surface area contributed by atoms with E-state index in [1.165, 1.54) is 59.0 Å². The lowest BCUT2D eigenvalue weighted by Gasteiger charge is -2.19. The summed E-state index contributed by atoms with van der Waals surface area (Å²) in [4.78, 5) is 29.4. The van der Waals surface area contributed by atoms with E-state index in [4.69, 9.17) is 4.74 Å². The number of hydrogen-bond acceptors (Lipinski definition) is 6. The maximum absolute atomic E-state index is 13.0. The number of rotatable bonds is 12. The summed E-state index contributed by atoms with van der Waals surface area (Å²) in [7, 11) is -3.77. The number of amides is 2. The van der Waals surface area contributed by atoms with E-state index in [1.54, 1.807) is 6.07 Å². The number of sulfonamides is 1. The van der Waals surface area contributed by atoms with Crippen molar-refractivity contribution >= 4 is 49.1 Å². The fourth-order valence-electron chi connectivity index (χ4n) is 3.58. The van der Waals surface area contributed by atoms with E-state index in [-0.39, 0.29) is 29.5 Å². The molecule has 0 aliphatic rings. The Morgan fingerprint density at radius 1 is 1.14 bits per heavy atom. The molecule has 3 rings (SSSR count). The predicted molar refractivity (Wildman–Crippen MR) is 146 cm³/mol. The lowest BCUT2D eigenvalue weighted by molar-refractivity contribution is -0.114. The van der Waals surface area contributed by atoms with Crippen LogP contribution in [-0.4, -0.2) is 55.4 Å². The van der Waals surface area contributed by atoms with E-state index >= 15 is 0 Å². The van der Waals surface area contributed by atoms with Crippen LogP contribution >= 0.6 is 11.3 Å². The van der Waals surface area contributed by atoms with Crippen molar-refractivity contribution in [3.05, 3.63) is 78.1 Å². The second-order valence-corrected chi connectivity index (χ2v) is 10.9. The smallest absolute Gasteiger partial charge is 0.279 e. The molecule has 11 heteroatoms. The van der Waals surface area contributed by atoms with Gasteiger partial charge in [-0.25, -0.2) is 8.42 Å². The number of ether oxygens (including phenoxy) is 1. The topological polar surface area (TPSA) is 110 Å². The molecule has 0 bridgehead atoms. The Morgan fingerprint density at radius 3 is 2.41 bits per heavy atom. The molecule has 1 N–H and O–H groups in total. The number of carbonyl (C=O) groups is 2. The molecule has 9 nitrogen and oxygen atoms in total. The zero-order chi connectivity index (χ0) is 27.0. The first-order valence-electron chi connectivity index (χ1n) is 11.6. The minimum absolute atomic E-state index is 0.0619. The molecular weight excluding hydrogens is 512 g/mol. The van der Waals surface area contributed by atoms with E-state index in [0.717, 1.165) is 10.2 Å². The second-order valence-electron chi connectivity index (χ2n) is 7.94. The molecule has 37 heavy (non-hydrogen) atoms. The monoisotopic (exact) mass is 542 g/mol. The van der Waals surface area contributed by atoms with Gasteiger partial charge in [-0.05, 0) is 49.4 Å². The van der Waals surface area contributed by atoms with E-state index < -0.39 is 15.9 Å². The van der Waals surface area contributed by atoms with Crippen LogP contribution in [0.15, 0.2) is 77.7 Å². The molecule has 0 aliphatic carbocycles. The number of benzene rings is 2.